The average molecular weight is 335 g/mol. The number of rotatable bonds is 3. The number of thiocarbonyl (C=S) groups is 1. The standard InChI is InChI=1S/C13H11BrN4S/c14-12-8-4-7-11(16-12)9-15-18-13(19)17-10-5-2-1-3-6-10/h1-9H,(H2,17,18,19). The Morgan fingerprint density at radius 2 is 1.95 bits per heavy atom. The fourth-order valence-corrected chi connectivity index (χ4v) is 1.86. The Morgan fingerprint density at radius 1 is 1.16 bits per heavy atom. The largest absolute Gasteiger partial charge is 0.331 e. The fourth-order valence-electron chi connectivity index (χ4n) is 1.33. The maximum Gasteiger partial charge on any atom is 0.191 e. The molecule has 1 aromatic heterocycles. The third-order valence-corrected chi connectivity index (χ3v) is 2.77. The number of nitrogens with one attached hydrogen (secondary N) is 2. The molecule has 0 aliphatic carbocycles. The molecule has 0 spiro atoms. The lowest BCUT2D eigenvalue weighted by Gasteiger charge is -2.05. The summed E-state index contributed by atoms with van der Waals surface area (Å²) in [5, 5.41) is 7.46. The minimum Gasteiger partial charge on any atom is -0.331 e. The highest BCUT2D eigenvalue weighted by molar-refractivity contribution is 9.10. The quantitative estimate of drug-likeness (QED) is 0.392. The molecule has 0 unspecified atom stereocenters. The lowest BCUT2D eigenvalue weighted by molar-refractivity contribution is 1.05. The highest BCUT2D eigenvalue weighted by Gasteiger charge is 1.95. The van der Waals surface area contributed by atoms with Gasteiger partial charge in [-0.05, 0) is 52.4 Å². The van der Waals surface area contributed by atoms with E-state index in [1.165, 1.54) is 0 Å². The number of halogens is 1. The molecular formula is C13H11BrN4S. The van der Waals surface area contributed by atoms with Crippen LogP contribution in [0.5, 0.6) is 0 Å². The van der Waals surface area contributed by atoms with Crippen LogP contribution in [0.15, 0.2) is 58.2 Å². The van der Waals surface area contributed by atoms with Gasteiger partial charge in [0.15, 0.2) is 5.11 Å². The van der Waals surface area contributed by atoms with Crippen molar-refractivity contribution in [3.05, 3.63) is 58.8 Å². The number of anilines is 1. The molecule has 0 fully saturated rings. The zero-order valence-electron chi connectivity index (χ0n) is 9.88. The molecule has 4 nitrogen and oxygen atoms in total. The monoisotopic (exact) mass is 334 g/mol. The van der Waals surface area contributed by atoms with Gasteiger partial charge in [0, 0.05) is 5.69 Å². The van der Waals surface area contributed by atoms with Crippen molar-refractivity contribution in [3.8, 4) is 0 Å². The average Bonchev–Trinajstić information content (AvgIpc) is 2.40. The number of nitrogens with zero attached hydrogens (tertiary/aromatic N) is 2. The highest BCUT2D eigenvalue weighted by Crippen LogP contribution is 2.05. The van der Waals surface area contributed by atoms with Crippen LogP contribution in [-0.4, -0.2) is 16.3 Å². The summed E-state index contributed by atoms with van der Waals surface area (Å²) in [7, 11) is 0. The van der Waals surface area contributed by atoms with E-state index in [0.717, 1.165) is 16.0 Å². The summed E-state index contributed by atoms with van der Waals surface area (Å²) in [5.74, 6) is 0. The zero-order valence-corrected chi connectivity index (χ0v) is 12.3. The van der Waals surface area contributed by atoms with Crippen molar-refractivity contribution in [2.24, 2.45) is 5.10 Å². The van der Waals surface area contributed by atoms with Gasteiger partial charge in [-0.3, -0.25) is 5.43 Å². The Morgan fingerprint density at radius 3 is 2.68 bits per heavy atom. The molecule has 0 aliphatic rings. The minimum atomic E-state index is 0.428. The molecule has 0 bridgehead atoms. The van der Waals surface area contributed by atoms with E-state index in [9.17, 15) is 0 Å². The Labute approximate surface area is 125 Å². The first kappa shape index (κ1) is 13.6. The lowest BCUT2D eigenvalue weighted by Crippen LogP contribution is -2.23. The molecule has 0 aliphatic heterocycles. The SMILES string of the molecule is S=C(NN=Cc1cccc(Br)n1)Nc1ccccc1. The summed E-state index contributed by atoms with van der Waals surface area (Å²) in [4.78, 5) is 4.22. The third kappa shape index (κ3) is 4.76. The second-order valence-electron chi connectivity index (χ2n) is 3.58. The normalized spacial score (nSPS) is 10.4. The molecule has 6 heteroatoms. The van der Waals surface area contributed by atoms with Crippen LogP contribution < -0.4 is 10.7 Å². The molecule has 2 rings (SSSR count). The van der Waals surface area contributed by atoms with Crippen molar-refractivity contribution in [2.75, 3.05) is 5.32 Å². The van der Waals surface area contributed by atoms with Crippen LogP contribution in [0.2, 0.25) is 0 Å². The molecule has 1 heterocycles. The predicted octanol–water partition coefficient (Wildman–Crippen LogP) is 3.16. The van der Waals surface area contributed by atoms with E-state index in [1.54, 1.807) is 6.21 Å². The van der Waals surface area contributed by atoms with Crippen molar-refractivity contribution in [2.45, 2.75) is 0 Å². The Kier molecular flexibility index (Phi) is 5.00. The number of para-hydroxylation sites is 1. The Balaban J connectivity index is 1.87. The molecule has 0 amide bonds. The molecule has 1 aromatic carbocycles. The van der Waals surface area contributed by atoms with E-state index in [1.807, 2.05) is 48.5 Å². The number of hydrogen-bond acceptors (Lipinski definition) is 3. The predicted molar refractivity (Wildman–Crippen MR) is 85.3 cm³/mol. The molecule has 2 aromatic rings. The number of pyridine rings is 1. The lowest BCUT2D eigenvalue weighted by atomic mass is 10.3. The highest BCUT2D eigenvalue weighted by atomic mass is 79.9. The Hall–Kier alpha value is -1.79. The van der Waals surface area contributed by atoms with Gasteiger partial charge in [0.05, 0.1) is 11.9 Å². The zero-order chi connectivity index (χ0) is 13.5. The van der Waals surface area contributed by atoms with E-state index >= 15 is 0 Å². The molecule has 0 atom stereocenters. The molecule has 96 valence electrons. The van der Waals surface area contributed by atoms with Crippen LogP contribution in [-0.2, 0) is 0 Å². The van der Waals surface area contributed by atoms with Gasteiger partial charge in [-0.1, -0.05) is 24.3 Å². The van der Waals surface area contributed by atoms with Gasteiger partial charge >= 0.3 is 0 Å². The molecule has 2 N–H and O–H groups in total. The molecule has 0 radical (unpaired) electrons. The van der Waals surface area contributed by atoms with Gasteiger partial charge in [0.2, 0.25) is 0 Å². The molecule has 0 saturated carbocycles. The van der Waals surface area contributed by atoms with Gasteiger partial charge in [0.25, 0.3) is 0 Å². The second-order valence-corrected chi connectivity index (χ2v) is 4.80. The summed E-state index contributed by atoms with van der Waals surface area (Å²) >= 11 is 8.41. The van der Waals surface area contributed by atoms with Crippen LogP contribution in [0.4, 0.5) is 5.69 Å². The smallest absolute Gasteiger partial charge is 0.191 e. The molecule has 0 saturated heterocycles. The van der Waals surface area contributed by atoms with Crippen LogP contribution in [0.25, 0.3) is 0 Å². The third-order valence-electron chi connectivity index (χ3n) is 2.13. The van der Waals surface area contributed by atoms with Crippen molar-refractivity contribution in [1.82, 2.24) is 10.4 Å². The van der Waals surface area contributed by atoms with Gasteiger partial charge in [-0.15, -0.1) is 0 Å². The topological polar surface area (TPSA) is 49.3 Å². The van der Waals surface area contributed by atoms with Crippen molar-refractivity contribution < 1.29 is 0 Å². The number of hydrogen-bond donors (Lipinski definition) is 2. The van der Waals surface area contributed by atoms with Gasteiger partial charge in [-0.2, -0.15) is 5.10 Å². The van der Waals surface area contributed by atoms with E-state index in [-0.39, 0.29) is 0 Å². The summed E-state index contributed by atoms with van der Waals surface area (Å²) in [6.07, 6.45) is 1.60. The van der Waals surface area contributed by atoms with Crippen LogP contribution in [0.3, 0.4) is 0 Å². The molecule has 19 heavy (non-hydrogen) atoms. The second kappa shape index (κ2) is 6.96. The van der Waals surface area contributed by atoms with E-state index < -0.39 is 0 Å². The summed E-state index contributed by atoms with van der Waals surface area (Å²) in [6.45, 7) is 0. The van der Waals surface area contributed by atoms with E-state index in [4.69, 9.17) is 12.2 Å². The number of benzene rings is 1. The first-order valence-electron chi connectivity index (χ1n) is 5.52. The summed E-state index contributed by atoms with van der Waals surface area (Å²) in [6, 6.07) is 15.2. The van der Waals surface area contributed by atoms with Crippen molar-refractivity contribution in [3.63, 3.8) is 0 Å². The first-order chi connectivity index (χ1) is 9.24. The Bertz CT molecular complexity index is 586. The minimum absolute atomic E-state index is 0.428. The van der Waals surface area contributed by atoms with Crippen LogP contribution >= 0.6 is 28.1 Å². The van der Waals surface area contributed by atoms with Gasteiger partial charge < -0.3 is 5.32 Å². The van der Waals surface area contributed by atoms with Crippen LogP contribution in [0.1, 0.15) is 5.69 Å². The number of hydrazone groups is 1. The van der Waals surface area contributed by atoms with E-state index in [0.29, 0.717) is 5.11 Å². The van der Waals surface area contributed by atoms with E-state index in [2.05, 4.69) is 36.8 Å². The van der Waals surface area contributed by atoms with Crippen molar-refractivity contribution in [1.29, 1.82) is 0 Å². The van der Waals surface area contributed by atoms with Gasteiger partial charge in [-0.25, -0.2) is 4.98 Å². The van der Waals surface area contributed by atoms with Gasteiger partial charge in [0.1, 0.15) is 4.60 Å². The maximum absolute atomic E-state index is 5.11. The number of aromatic nitrogens is 1. The maximum atomic E-state index is 5.11. The summed E-state index contributed by atoms with van der Waals surface area (Å²) in [5.41, 5.74) is 4.39. The summed E-state index contributed by atoms with van der Waals surface area (Å²) < 4.78 is 0.765. The first-order valence-corrected chi connectivity index (χ1v) is 6.72. The van der Waals surface area contributed by atoms with Crippen LogP contribution in [0, 0.1) is 0 Å². The molecular weight excluding hydrogens is 324 g/mol. The fraction of sp³-hybridized carbons (Fsp3) is 0. The van der Waals surface area contributed by atoms with Crippen molar-refractivity contribution >= 4 is 45.2 Å².